The SMILES string of the molecule is Cc1ccccc1Sc1c(C(=O)O)cnc2ccccc12. The number of aromatic nitrogens is 1. The van der Waals surface area contributed by atoms with Crippen molar-refractivity contribution in [1.29, 1.82) is 0 Å². The molecule has 0 aliphatic rings. The second-order valence-corrected chi connectivity index (χ2v) is 5.74. The predicted molar refractivity (Wildman–Crippen MR) is 84.0 cm³/mol. The molecule has 1 heterocycles. The van der Waals surface area contributed by atoms with E-state index in [2.05, 4.69) is 4.98 Å². The van der Waals surface area contributed by atoms with Crippen molar-refractivity contribution in [2.75, 3.05) is 0 Å². The van der Waals surface area contributed by atoms with E-state index in [9.17, 15) is 9.90 Å². The minimum Gasteiger partial charge on any atom is -0.478 e. The minimum atomic E-state index is -0.954. The molecule has 0 amide bonds. The Labute approximate surface area is 126 Å². The van der Waals surface area contributed by atoms with Gasteiger partial charge in [0.2, 0.25) is 0 Å². The molecule has 0 aliphatic carbocycles. The van der Waals surface area contributed by atoms with Gasteiger partial charge in [-0.25, -0.2) is 4.79 Å². The first kappa shape index (κ1) is 13.6. The summed E-state index contributed by atoms with van der Waals surface area (Å²) in [7, 11) is 0. The van der Waals surface area contributed by atoms with E-state index in [1.165, 1.54) is 18.0 Å². The Bertz CT molecular complexity index is 830. The molecule has 4 heteroatoms. The van der Waals surface area contributed by atoms with Gasteiger partial charge in [-0.15, -0.1) is 0 Å². The number of carbonyl (C=O) groups is 1. The summed E-state index contributed by atoms with van der Waals surface area (Å²) in [5.74, 6) is -0.954. The molecule has 3 rings (SSSR count). The summed E-state index contributed by atoms with van der Waals surface area (Å²) in [6, 6.07) is 15.6. The van der Waals surface area contributed by atoms with E-state index in [-0.39, 0.29) is 5.56 Å². The Kier molecular flexibility index (Phi) is 3.62. The van der Waals surface area contributed by atoms with Gasteiger partial charge in [0.1, 0.15) is 0 Å². The highest BCUT2D eigenvalue weighted by atomic mass is 32.2. The molecule has 3 aromatic rings. The second-order valence-electron chi connectivity index (χ2n) is 4.69. The fourth-order valence-corrected chi connectivity index (χ4v) is 3.29. The highest BCUT2D eigenvalue weighted by molar-refractivity contribution is 7.99. The molecule has 21 heavy (non-hydrogen) atoms. The van der Waals surface area contributed by atoms with Crippen LogP contribution in [-0.2, 0) is 0 Å². The molecular formula is C17H13NO2S. The lowest BCUT2D eigenvalue weighted by Crippen LogP contribution is -2.01. The molecular weight excluding hydrogens is 282 g/mol. The second kappa shape index (κ2) is 5.58. The highest BCUT2D eigenvalue weighted by Crippen LogP contribution is 2.36. The summed E-state index contributed by atoms with van der Waals surface area (Å²) < 4.78 is 0. The van der Waals surface area contributed by atoms with Crippen LogP contribution in [0.3, 0.4) is 0 Å². The third kappa shape index (κ3) is 2.62. The number of rotatable bonds is 3. The fourth-order valence-electron chi connectivity index (χ4n) is 2.16. The van der Waals surface area contributed by atoms with Gasteiger partial charge in [0, 0.05) is 21.4 Å². The van der Waals surface area contributed by atoms with Gasteiger partial charge < -0.3 is 5.11 Å². The lowest BCUT2D eigenvalue weighted by molar-refractivity contribution is 0.0693. The van der Waals surface area contributed by atoms with Crippen molar-refractivity contribution < 1.29 is 9.90 Å². The van der Waals surface area contributed by atoms with Crippen molar-refractivity contribution >= 4 is 28.6 Å². The number of hydrogen-bond donors (Lipinski definition) is 1. The largest absolute Gasteiger partial charge is 0.478 e. The van der Waals surface area contributed by atoms with Gasteiger partial charge in [0.25, 0.3) is 0 Å². The first-order valence-corrected chi connectivity index (χ1v) is 7.33. The maximum absolute atomic E-state index is 11.5. The van der Waals surface area contributed by atoms with Crippen LogP contribution < -0.4 is 0 Å². The van der Waals surface area contributed by atoms with Gasteiger partial charge in [-0.2, -0.15) is 0 Å². The molecule has 0 spiro atoms. The van der Waals surface area contributed by atoms with Crippen LogP contribution in [0.15, 0.2) is 64.5 Å². The van der Waals surface area contributed by atoms with Crippen LogP contribution in [0.2, 0.25) is 0 Å². The normalized spacial score (nSPS) is 10.7. The third-order valence-corrected chi connectivity index (χ3v) is 4.58. The fraction of sp³-hybridized carbons (Fsp3) is 0.0588. The van der Waals surface area contributed by atoms with Crippen molar-refractivity contribution in [3.63, 3.8) is 0 Å². The zero-order chi connectivity index (χ0) is 14.8. The standard InChI is InChI=1S/C17H13NO2S/c1-11-6-2-5-9-15(11)21-16-12-7-3-4-8-14(12)18-10-13(16)17(19)20/h2-10H,1H3,(H,19,20). The van der Waals surface area contributed by atoms with Gasteiger partial charge in [-0.05, 0) is 24.6 Å². The molecule has 0 saturated heterocycles. The van der Waals surface area contributed by atoms with Crippen molar-refractivity contribution in [1.82, 2.24) is 4.98 Å². The van der Waals surface area contributed by atoms with Crippen LogP contribution in [0.4, 0.5) is 0 Å². The zero-order valence-electron chi connectivity index (χ0n) is 11.4. The van der Waals surface area contributed by atoms with E-state index < -0.39 is 5.97 Å². The maximum atomic E-state index is 11.5. The van der Waals surface area contributed by atoms with Gasteiger partial charge in [0.05, 0.1) is 11.1 Å². The van der Waals surface area contributed by atoms with Crippen LogP contribution in [0.1, 0.15) is 15.9 Å². The van der Waals surface area contributed by atoms with Crippen LogP contribution in [-0.4, -0.2) is 16.1 Å². The van der Waals surface area contributed by atoms with Crippen molar-refractivity contribution in [3.8, 4) is 0 Å². The molecule has 1 N–H and O–H groups in total. The van der Waals surface area contributed by atoms with E-state index >= 15 is 0 Å². The molecule has 0 radical (unpaired) electrons. The summed E-state index contributed by atoms with van der Waals surface area (Å²) in [6.45, 7) is 2.02. The van der Waals surface area contributed by atoms with Gasteiger partial charge >= 0.3 is 5.97 Å². The first-order chi connectivity index (χ1) is 10.2. The average Bonchev–Trinajstić information content (AvgIpc) is 2.49. The van der Waals surface area contributed by atoms with Gasteiger partial charge in [-0.3, -0.25) is 4.98 Å². The van der Waals surface area contributed by atoms with E-state index in [1.807, 2.05) is 55.5 Å². The molecule has 2 aromatic carbocycles. The summed E-state index contributed by atoms with van der Waals surface area (Å²) in [6.07, 6.45) is 1.44. The van der Waals surface area contributed by atoms with Crippen molar-refractivity contribution in [2.45, 2.75) is 16.7 Å². The molecule has 0 saturated carbocycles. The lowest BCUT2D eigenvalue weighted by atomic mass is 10.1. The Balaban J connectivity index is 2.21. The quantitative estimate of drug-likeness (QED) is 0.778. The smallest absolute Gasteiger partial charge is 0.338 e. The first-order valence-electron chi connectivity index (χ1n) is 6.51. The van der Waals surface area contributed by atoms with Crippen LogP contribution >= 0.6 is 11.8 Å². The Hall–Kier alpha value is -2.33. The van der Waals surface area contributed by atoms with Crippen molar-refractivity contribution in [3.05, 3.63) is 65.9 Å². The summed E-state index contributed by atoms with van der Waals surface area (Å²) >= 11 is 1.48. The number of benzene rings is 2. The number of aryl methyl sites for hydroxylation is 1. The number of para-hydroxylation sites is 1. The van der Waals surface area contributed by atoms with Crippen LogP contribution in [0.25, 0.3) is 10.9 Å². The summed E-state index contributed by atoms with van der Waals surface area (Å²) in [5.41, 5.74) is 2.17. The van der Waals surface area contributed by atoms with E-state index in [1.54, 1.807) is 0 Å². The van der Waals surface area contributed by atoms with E-state index in [0.717, 1.165) is 26.3 Å². The number of carboxylic acids is 1. The maximum Gasteiger partial charge on any atom is 0.338 e. The number of pyridine rings is 1. The van der Waals surface area contributed by atoms with Crippen LogP contribution in [0.5, 0.6) is 0 Å². The van der Waals surface area contributed by atoms with E-state index in [4.69, 9.17) is 0 Å². The highest BCUT2D eigenvalue weighted by Gasteiger charge is 2.16. The molecule has 0 bridgehead atoms. The Morgan fingerprint density at radius 1 is 1.10 bits per heavy atom. The van der Waals surface area contributed by atoms with Crippen LogP contribution in [0, 0.1) is 6.92 Å². The number of hydrogen-bond acceptors (Lipinski definition) is 3. The number of carboxylic acid groups (broad SMARTS) is 1. The Morgan fingerprint density at radius 3 is 2.57 bits per heavy atom. The molecule has 104 valence electrons. The van der Waals surface area contributed by atoms with E-state index in [0.29, 0.717) is 0 Å². The topological polar surface area (TPSA) is 50.2 Å². The van der Waals surface area contributed by atoms with Gasteiger partial charge in [-0.1, -0.05) is 48.2 Å². The minimum absolute atomic E-state index is 0.238. The molecule has 0 atom stereocenters. The summed E-state index contributed by atoms with van der Waals surface area (Å²) in [5, 5.41) is 10.3. The average molecular weight is 295 g/mol. The van der Waals surface area contributed by atoms with Crippen molar-refractivity contribution in [2.24, 2.45) is 0 Å². The van der Waals surface area contributed by atoms with Gasteiger partial charge in [0.15, 0.2) is 0 Å². The summed E-state index contributed by atoms with van der Waals surface area (Å²) in [4.78, 5) is 17.5. The molecule has 0 fully saturated rings. The number of fused-ring (bicyclic) bond motifs is 1. The Morgan fingerprint density at radius 2 is 1.81 bits per heavy atom. The molecule has 3 nitrogen and oxygen atoms in total. The molecule has 1 aromatic heterocycles. The lowest BCUT2D eigenvalue weighted by Gasteiger charge is -2.11. The molecule has 0 aliphatic heterocycles. The zero-order valence-corrected chi connectivity index (χ0v) is 12.2. The molecule has 0 unspecified atom stereocenters. The monoisotopic (exact) mass is 295 g/mol. The predicted octanol–water partition coefficient (Wildman–Crippen LogP) is 4.39. The number of aromatic carboxylic acids is 1. The third-order valence-electron chi connectivity index (χ3n) is 3.26. The number of nitrogens with zero attached hydrogens (tertiary/aromatic N) is 1.